The third-order valence-electron chi connectivity index (χ3n) is 9.07. The van der Waals surface area contributed by atoms with Gasteiger partial charge in [-0.05, 0) is 74.0 Å². The zero-order valence-corrected chi connectivity index (χ0v) is 18.9. The molecule has 4 aliphatic carbocycles. The maximum Gasteiger partial charge on any atom is 0.501 e. The first kappa shape index (κ1) is 23.1. The maximum absolute atomic E-state index is 13.3. The highest BCUT2D eigenvalue weighted by Gasteiger charge is 2.64. The predicted molar refractivity (Wildman–Crippen MR) is 107 cm³/mol. The Bertz CT molecular complexity index is 897. The number of rotatable bonds is 2. The Labute approximate surface area is 181 Å². The van der Waals surface area contributed by atoms with Crippen LogP contribution in [0.1, 0.15) is 65.7 Å². The van der Waals surface area contributed by atoms with E-state index in [0.29, 0.717) is 38.5 Å². The molecule has 0 aromatic carbocycles. The summed E-state index contributed by atoms with van der Waals surface area (Å²) >= 11 is 0. The molecule has 0 radical (unpaired) electrons. The first-order valence-corrected chi connectivity index (χ1v) is 12.6. The minimum absolute atomic E-state index is 0.0301. The van der Waals surface area contributed by atoms with Crippen molar-refractivity contribution in [3.8, 4) is 0 Å². The lowest BCUT2D eigenvalue weighted by Crippen LogP contribution is -2.58. The molecule has 8 atom stereocenters. The number of carbonyl (C=O) groups excluding carboxylic acids is 1. The molecule has 1 N–H and O–H groups in total. The van der Waals surface area contributed by atoms with Gasteiger partial charge in [-0.15, -0.1) is 0 Å². The number of esters is 1. The van der Waals surface area contributed by atoms with E-state index in [4.69, 9.17) is 4.74 Å². The Morgan fingerprint density at radius 2 is 1.81 bits per heavy atom. The normalized spacial score (nSPS) is 45.2. The quantitative estimate of drug-likeness (QED) is 0.614. The number of allylic oxidation sites excluding steroid dienone is 2. The number of hydrogen-bond acceptors (Lipinski definition) is 5. The molecule has 176 valence electrons. The highest BCUT2D eigenvalue weighted by atomic mass is 32.2. The Morgan fingerprint density at radius 1 is 1.13 bits per heavy atom. The molecule has 4 rings (SSSR count). The molecule has 0 amide bonds. The maximum atomic E-state index is 13.3. The summed E-state index contributed by atoms with van der Waals surface area (Å²) in [6.07, 6.45) is 4.28. The Kier molecular flexibility index (Phi) is 5.36. The summed E-state index contributed by atoms with van der Waals surface area (Å²) in [5, 5.41) is 11.1. The second kappa shape index (κ2) is 7.20. The van der Waals surface area contributed by atoms with E-state index < -0.39 is 31.8 Å². The van der Waals surface area contributed by atoms with E-state index in [9.17, 15) is 31.5 Å². The first-order chi connectivity index (χ1) is 14.2. The topological polar surface area (TPSA) is 80.7 Å². The monoisotopic (exact) mass is 464 g/mol. The lowest BCUT2D eigenvalue weighted by molar-refractivity contribution is -0.178. The summed E-state index contributed by atoms with van der Waals surface area (Å²) in [7, 11) is -5.36. The molecule has 0 heterocycles. The molecule has 9 heteroatoms. The lowest BCUT2D eigenvalue weighted by Gasteiger charge is -2.61. The van der Waals surface area contributed by atoms with Gasteiger partial charge in [-0.25, -0.2) is 8.42 Å². The van der Waals surface area contributed by atoms with Gasteiger partial charge in [-0.1, -0.05) is 19.9 Å². The largest absolute Gasteiger partial charge is 0.501 e. The molecule has 3 fully saturated rings. The number of fused-ring (bicyclic) bond motifs is 5. The van der Waals surface area contributed by atoms with Crippen LogP contribution >= 0.6 is 0 Å². The van der Waals surface area contributed by atoms with Crippen LogP contribution in [-0.2, 0) is 19.4 Å². The van der Waals surface area contributed by atoms with Crippen LogP contribution in [0.5, 0.6) is 0 Å². The van der Waals surface area contributed by atoms with E-state index in [-0.39, 0.29) is 41.2 Å². The molecule has 0 aromatic rings. The molecule has 4 aliphatic rings. The van der Waals surface area contributed by atoms with E-state index >= 15 is 0 Å². The number of carbonyl (C=O) groups is 1. The molecule has 0 spiro atoms. The van der Waals surface area contributed by atoms with Crippen LogP contribution in [-0.4, -0.2) is 37.2 Å². The Morgan fingerprint density at radius 3 is 2.42 bits per heavy atom. The molecule has 31 heavy (non-hydrogen) atoms. The average Bonchev–Trinajstić information content (AvgIpc) is 2.99. The van der Waals surface area contributed by atoms with Gasteiger partial charge in [-0.2, -0.15) is 13.2 Å². The van der Waals surface area contributed by atoms with Crippen molar-refractivity contribution in [3.05, 3.63) is 11.0 Å². The number of aliphatic hydroxyl groups is 1. The first-order valence-electron chi connectivity index (χ1n) is 11.1. The van der Waals surface area contributed by atoms with Gasteiger partial charge in [0.2, 0.25) is 0 Å². The van der Waals surface area contributed by atoms with Crippen LogP contribution in [0.3, 0.4) is 0 Å². The van der Waals surface area contributed by atoms with Gasteiger partial charge in [0.15, 0.2) is 0 Å². The van der Waals surface area contributed by atoms with Crippen LogP contribution in [0.25, 0.3) is 0 Å². The van der Waals surface area contributed by atoms with Crippen molar-refractivity contribution in [1.29, 1.82) is 0 Å². The van der Waals surface area contributed by atoms with E-state index in [1.165, 1.54) is 13.0 Å². The molecular formula is C22H31F3O5S. The molecule has 0 aromatic heterocycles. The smallest absolute Gasteiger partial charge is 0.463 e. The van der Waals surface area contributed by atoms with E-state index in [2.05, 4.69) is 6.92 Å². The Balaban J connectivity index is 1.61. The van der Waals surface area contributed by atoms with Gasteiger partial charge >= 0.3 is 11.5 Å². The van der Waals surface area contributed by atoms with Crippen LogP contribution in [0.4, 0.5) is 13.2 Å². The minimum atomic E-state index is -5.36. The van der Waals surface area contributed by atoms with Crippen molar-refractivity contribution < 1.29 is 36.2 Å². The fraction of sp³-hybridized carbons (Fsp3) is 0.864. The lowest BCUT2D eigenvalue weighted by atomic mass is 9.44. The van der Waals surface area contributed by atoms with Gasteiger partial charge in [0, 0.05) is 12.3 Å². The zero-order valence-electron chi connectivity index (χ0n) is 18.1. The van der Waals surface area contributed by atoms with Gasteiger partial charge in [-0.3, -0.25) is 4.79 Å². The SMILES string of the molecule is CC(=O)O[C@H]1CC[C@@]2(C)C(C1)C(O)C[C@@H]1[C@@H]2CC[C@]2(C)C(S(=O)(=O)C(F)(F)F)=CC[C@@H]12. The van der Waals surface area contributed by atoms with Crippen molar-refractivity contribution in [2.45, 2.75) is 83.4 Å². The van der Waals surface area contributed by atoms with Crippen molar-refractivity contribution in [3.63, 3.8) is 0 Å². The predicted octanol–water partition coefficient (Wildman–Crippen LogP) is 4.36. The molecule has 0 saturated heterocycles. The summed E-state index contributed by atoms with van der Waals surface area (Å²) in [5.74, 6) is -0.419. The van der Waals surface area contributed by atoms with Gasteiger partial charge in [0.05, 0.1) is 11.0 Å². The van der Waals surface area contributed by atoms with Crippen molar-refractivity contribution in [2.24, 2.45) is 34.5 Å². The highest BCUT2D eigenvalue weighted by Crippen LogP contribution is 2.67. The number of aliphatic hydroxyl groups excluding tert-OH is 1. The number of halogens is 3. The molecule has 0 aliphatic heterocycles. The molecule has 2 unspecified atom stereocenters. The summed E-state index contributed by atoms with van der Waals surface area (Å²) in [6.45, 7) is 5.19. The van der Waals surface area contributed by atoms with Gasteiger partial charge in [0.1, 0.15) is 6.10 Å². The molecular weight excluding hydrogens is 433 g/mol. The second-order valence-corrected chi connectivity index (χ2v) is 12.4. The third kappa shape index (κ3) is 3.36. The summed E-state index contributed by atoms with van der Waals surface area (Å²) in [5.41, 5.74) is -6.55. The van der Waals surface area contributed by atoms with Crippen molar-refractivity contribution >= 4 is 15.8 Å². The second-order valence-electron chi connectivity index (χ2n) is 10.5. The number of alkyl halides is 3. The highest BCUT2D eigenvalue weighted by molar-refractivity contribution is 7.96. The summed E-state index contributed by atoms with van der Waals surface area (Å²) < 4.78 is 69.9. The van der Waals surface area contributed by atoms with Crippen LogP contribution in [0, 0.1) is 34.5 Å². The van der Waals surface area contributed by atoms with Gasteiger partial charge < -0.3 is 9.84 Å². The number of hydrogen-bond donors (Lipinski definition) is 1. The standard InChI is InChI=1S/C22H31F3O5S/c1-12(26)30-13-6-8-20(2)16-7-9-21(3)15(14(16)11-18(27)17(20)10-13)4-5-19(21)31(28,29)22(23,24)25/h5,13-18,27H,4,6-11H2,1-3H3/t13-,14-,15-,16-,17?,18?,20+,21-/m0/s1. The number of ether oxygens (including phenoxy) is 1. The van der Waals surface area contributed by atoms with E-state index in [1.807, 2.05) is 0 Å². The summed E-state index contributed by atoms with van der Waals surface area (Å²) in [4.78, 5) is 10.9. The van der Waals surface area contributed by atoms with Gasteiger partial charge in [0.25, 0.3) is 9.84 Å². The zero-order chi connectivity index (χ0) is 23.0. The summed E-state index contributed by atoms with van der Waals surface area (Å²) in [6, 6.07) is 0. The molecule has 0 bridgehead atoms. The average molecular weight is 465 g/mol. The van der Waals surface area contributed by atoms with E-state index in [1.54, 1.807) is 6.92 Å². The van der Waals surface area contributed by atoms with Crippen LogP contribution in [0.2, 0.25) is 0 Å². The fourth-order valence-corrected chi connectivity index (χ4v) is 9.11. The third-order valence-corrected chi connectivity index (χ3v) is 10.9. The molecule has 3 saturated carbocycles. The Hall–Kier alpha value is -1.09. The molecule has 5 nitrogen and oxygen atoms in total. The van der Waals surface area contributed by atoms with Crippen molar-refractivity contribution in [1.82, 2.24) is 0 Å². The number of sulfone groups is 1. The van der Waals surface area contributed by atoms with Crippen LogP contribution in [0.15, 0.2) is 11.0 Å². The van der Waals surface area contributed by atoms with Crippen molar-refractivity contribution in [2.75, 3.05) is 0 Å². The van der Waals surface area contributed by atoms with E-state index in [0.717, 1.165) is 6.42 Å². The van der Waals surface area contributed by atoms with Crippen LogP contribution < -0.4 is 0 Å². The minimum Gasteiger partial charge on any atom is -0.463 e. The fourth-order valence-electron chi connectivity index (χ4n) is 7.67.